The molecule has 0 amide bonds. The van der Waals surface area contributed by atoms with Gasteiger partial charge in [0.25, 0.3) is 0 Å². The minimum absolute atomic E-state index is 0.358. The fraction of sp³-hybridized carbons (Fsp3) is 0.0714. The molecule has 20 heavy (non-hydrogen) atoms. The van der Waals surface area contributed by atoms with Gasteiger partial charge < -0.3 is 10.4 Å². The van der Waals surface area contributed by atoms with Crippen molar-refractivity contribution in [2.75, 3.05) is 5.32 Å². The van der Waals surface area contributed by atoms with Crippen molar-refractivity contribution < 1.29 is 14.3 Å². The summed E-state index contributed by atoms with van der Waals surface area (Å²) < 4.78 is 14.1. The van der Waals surface area contributed by atoms with Crippen LogP contribution < -0.4 is 5.32 Å². The number of rotatable bonds is 4. The Morgan fingerprint density at radius 1 is 1.30 bits per heavy atom. The molecule has 0 saturated carbocycles. The maximum Gasteiger partial charge on any atom is 0.338 e. The Kier molecular flexibility index (Phi) is 4.62. The highest BCUT2D eigenvalue weighted by Crippen LogP contribution is 2.24. The summed E-state index contributed by atoms with van der Waals surface area (Å²) >= 11 is 9.28. The van der Waals surface area contributed by atoms with E-state index in [1.54, 1.807) is 6.07 Å². The number of hydrogen-bond donors (Lipinski definition) is 2. The molecule has 2 aromatic carbocycles. The van der Waals surface area contributed by atoms with Gasteiger partial charge >= 0.3 is 5.97 Å². The summed E-state index contributed by atoms with van der Waals surface area (Å²) in [6, 6.07) is 9.37. The van der Waals surface area contributed by atoms with E-state index < -0.39 is 11.8 Å². The average Bonchev–Trinajstić information content (AvgIpc) is 2.41. The van der Waals surface area contributed by atoms with Crippen molar-refractivity contribution in [3.63, 3.8) is 0 Å². The Labute approximate surface area is 128 Å². The fourth-order valence-corrected chi connectivity index (χ4v) is 2.10. The van der Waals surface area contributed by atoms with E-state index in [0.29, 0.717) is 17.3 Å². The zero-order chi connectivity index (χ0) is 14.7. The lowest BCUT2D eigenvalue weighted by Crippen LogP contribution is -2.04. The van der Waals surface area contributed by atoms with Gasteiger partial charge in [-0.25, -0.2) is 9.18 Å². The van der Waals surface area contributed by atoms with E-state index in [4.69, 9.17) is 16.7 Å². The van der Waals surface area contributed by atoms with Crippen LogP contribution >= 0.6 is 27.5 Å². The van der Waals surface area contributed by atoms with E-state index in [-0.39, 0.29) is 5.56 Å². The van der Waals surface area contributed by atoms with E-state index in [9.17, 15) is 9.18 Å². The maximum atomic E-state index is 13.2. The SMILES string of the molecule is O=C(O)c1cc(NCc2ccc(Br)c(Cl)c2)ccc1F. The van der Waals surface area contributed by atoms with Crippen LogP contribution in [0.1, 0.15) is 15.9 Å². The van der Waals surface area contributed by atoms with Crippen molar-refractivity contribution in [1.82, 2.24) is 0 Å². The molecule has 3 nitrogen and oxygen atoms in total. The summed E-state index contributed by atoms with van der Waals surface area (Å²) in [5, 5.41) is 12.5. The van der Waals surface area contributed by atoms with Crippen molar-refractivity contribution in [3.8, 4) is 0 Å². The first-order valence-corrected chi connectivity index (χ1v) is 6.85. The topological polar surface area (TPSA) is 49.3 Å². The van der Waals surface area contributed by atoms with Crippen LogP contribution in [0.2, 0.25) is 5.02 Å². The van der Waals surface area contributed by atoms with Crippen LogP contribution in [0.4, 0.5) is 10.1 Å². The van der Waals surface area contributed by atoms with E-state index in [2.05, 4.69) is 21.2 Å². The van der Waals surface area contributed by atoms with Gasteiger partial charge in [-0.05, 0) is 51.8 Å². The van der Waals surface area contributed by atoms with Crippen molar-refractivity contribution >= 4 is 39.2 Å². The number of carboxylic acids is 1. The van der Waals surface area contributed by atoms with Gasteiger partial charge in [-0.3, -0.25) is 0 Å². The van der Waals surface area contributed by atoms with Crippen LogP contribution in [0, 0.1) is 5.82 Å². The first kappa shape index (κ1) is 14.8. The molecular weight excluding hydrogens is 349 g/mol. The number of carbonyl (C=O) groups is 1. The molecule has 0 aromatic heterocycles. The number of carboxylic acid groups (broad SMARTS) is 1. The molecular formula is C14H10BrClFNO2. The lowest BCUT2D eigenvalue weighted by atomic mass is 10.1. The summed E-state index contributed by atoms with van der Waals surface area (Å²) in [5.41, 5.74) is 1.10. The lowest BCUT2D eigenvalue weighted by Gasteiger charge is -2.08. The van der Waals surface area contributed by atoms with Crippen LogP contribution in [0.5, 0.6) is 0 Å². The monoisotopic (exact) mass is 357 g/mol. The van der Waals surface area contributed by atoms with Crippen LogP contribution in [-0.4, -0.2) is 11.1 Å². The number of nitrogens with one attached hydrogen (secondary N) is 1. The van der Waals surface area contributed by atoms with E-state index in [1.807, 2.05) is 12.1 Å². The van der Waals surface area contributed by atoms with Crippen molar-refractivity contribution in [3.05, 3.63) is 62.8 Å². The molecule has 2 N–H and O–H groups in total. The second-order valence-corrected chi connectivity index (χ2v) is 5.36. The van der Waals surface area contributed by atoms with Gasteiger partial charge in [0.05, 0.1) is 10.6 Å². The third kappa shape index (κ3) is 3.49. The van der Waals surface area contributed by atoms with Crippen LogP contribution in [-0.2, 0) is 6.54 Å². The molecule has 104 valence electrons. The Hall–Kier alpha value is -1.59. The maximum absolute atomic E-state index is 13.2. The van der Waals surface area contributed by atoms with Gasteiger partial charge in [0, 0.05) is 16.7 Å². The number of aromatic carboxylic acids is 1. The van der Waals surface area contributed by atoms with E-state index in [0.717, 1.165) is 16.1 Å². The molecule has 0 aliphatic heterocycles. The minimum Gasteiger partial charge on any atom is -0.478 e. The summed E-state index contributed by atoms with van der Waals surface area (Å²) in [7, 11) is 0. The van der Waals surface area contributed by atoms with Crippen LogP contribution in [0.25, 0.3) is 0 Å². The molecule has 0 spiro atoms. The van der Waals surface area contributed by atoms with Crippen LogP contribution in [0.3, 0.4) is 0 Å². The summed E-state index contributed by atoms with van der Waals surface area (Å²) in [5.74, 6) is -2.05. The van der Waals surface area contributed by atoms with Gasteiger partial charge in [-0.1, -0.05) is 17.7 Å². The lowest BCUT2D eigenvalue weighted by molar-refractivity contribution is 0.0692. The van der Waals surface area contributed by atoms with Crippen LogP contribution in [0.15, 0.2) is 40.9 Å². The summed E-state index contributed by atoms with van der Waals surface area (Å²) in [4.78, 5) is 10.8. The first-order valence-electron chi connectivity index (χ1n) is 5.68. The second kappa shape index (κ2) is 6.24. The molecule has 0 fully saturated rings. The number of hydrogen-bond acceptors (Lipinski definition) is 2. The first-order chi connectivity index (χ1) is 9.47. The third-order valence-electron chi connectivity index (χ3n) is 2.68. The Morgan fingerprint density at radius 2 is 2.05 bits per heavy atom. The molecule has 0 heterocycles. The Balaban J connectivity index is 2.12. The molecule has 0 bridgehead atoms. The van der Waals surface area contributed by atoms with Crippen molar-refractivity contribution in [2.24, 2.45) is 0 Å². The molecule has 0 atom stereocenters. The number of halogens is 3. The van der Waals surface area contributed by atoms with Gasteiger partial charge in [0.1, 0.15) is 5.82 Å². The van der Waals surface area contributed by atoms with Gasteiger partial charge in [-0.15, -0.1) is 0 Å². The Morgan fingerprint density at radius 3 is 2.70 bits per heavy atom. The highest BCUT2D eigenvalue weighted by molar-refractivity contribution is 9.10. The normalized spacial score (nSPS) is 10.3. The molecule has 6 heteroatoms. The molecule has 0 radical (unpaired) electrons. The highest BCUT2D eigenvalue weighted by Gasteiger charge is 2.10. The standard InChI is InChI=1S/C14H10BrClFNO2/c15-11-3-1-8(5-12(11)16)7-18-9-2-4-13(17)10(6-9)14(19)20/h1-6,18H,7H2,(H,19,20). The zero-order valence-corrected chi connectivity index (χ0v) is 12.5. The van der Waals surface area contributed by atoms with Gasteiger partial charge in [-0.2, -0.15) is 0 Å². The van der Waals surface area contributed by atoms with Crippen molar-refractivity contribution in [1.29, 1.82) is 0 Å². The molecule has 2 aromatic rings. The van der Waals surface area contributed by atoms with Gasteiger partial charge in [0.15, 0.2) is 0 Å². The number of benzene rings is 2. The third-order valence-corrected chi connectivity index (χ3v) is 3.91. The summed E-state index contributed by atoms with van der Waals surface area (Å²) in [6.45, 7) is 0.456. The fourth-order valence-electron chi connectivity index (χ4n) is 1.65. The minimum atomic E-state index is -1.29. The zero-order valence-electron chi connectivity index (χ0n) is 10.2. The molecule has 0 aliphatic carbocycles. The predicted molar refractivity (Wildman–Crippen MR) is 79.8 cm³/mol. The summed E-state index contributed by atoms with van der Waals surface area (Å²) in [6.07, 6.45) is 0. The Bertz CT molecular complexity index is 664. The van der Waals surface area contributed by atoms with E-state index in [1.165, 1.54) is 12.1 Å². The average molecular weight is 359 g/mol. The largest absolute Gasteiger partial charge is 0.478 e. The van der Waals surface area contributed by atoms with E-state index >= 15 is 0 Å². The smallest absolute Gasteiger partial charge is 0.338 e. The highest BCUT2D eigenvalue weighted by atomic mass is 79.9. The van der Waals surface area contributed by atoms with Crippen molar-refractivity contribution in [2.45, 2.75) is 6.54 Å². The molecule has 2 rings (SSSR count). The number of anilines is 1. The quantitative estimate of drug-likeness (QED) is 0.843. The predicted octanol–water partition coefficient (Wildman–Crippen LogP) is 4.55. The van der Waals surface area contributed by atoms with Gasteiger partial charge in [0.2, 0.25) is 0 Å². The second-order valence-electron chi connectivity index (χ2n) is 4.10. The molecule has 0 saturated heterocycles. The molecule has 0 aliphatic rings. The molecule has 0 unspecified atom stereocenters.